The van der Waals surface area contributed by atoms with Gasteiger partial charge in [0.25, 0.3) is 0 Å². The number of hydrogen-bond donors (Lipinski definition) is 0. The monoisotopic (exact) mass is 485 g/mol. The molecule has 5 nitrogen and oxygen atoms in total. The Balaban J connectivity index is 1.64. The third-order valence-corrected chi connectivity index (χ3v) is 6.69. The summed E-state index contributed by atoms with van der Waals surface area (Å²) in [7, 11) is 0. The summed E-state index contributed by atoms with van der Waals surface area (Å²) in [5, 5.41) is 11.8. The van der Waals surface area contributed by atoms with Crippen molar-refractivity contribution in [2.24, 2.45) is 0 Å². The van der Waals surface area contributed by atoms with E-state index >= 15 is 0 Å². The van der Waals surface area contributed by atoms with Crippen molar-refractivity contribution >= 4 is 29.2 Å². The van der Waals surface area contributed by atoms with Crippen molar-refractivity contribution < 1.29 is 8.78 Å². The van der Waals surface area contributed by atoms with Crippen LogP contribution in [-0.2, 0) is 13.0 Å². The Bertz CT molecular complexity index is 1190. The fraction of sp³-hybridized carbons (Fsp3) is 0.208. The molecule has 0 spiro atoms. The van der Waals surface area contributed by atoms with Gasteiger partial charge in [-0.1, -0.05) is 35.9 Å². The quantitative estimate of drug-likeness (QED) is 0.253. The second-order valence-corrected chi connectivity index (χ2v) is 9.00. The Kier molecular flexibility index (Phi) is 7.57. The van der Waals surface area contributed by atoms with Crippen LogP contribution in [0, 0.1) is 11.6 Å². The lowest BCUT2D eigenvalue weighted by Gasteiger charge is -2.32. The number of aromatic nitrogens is 4. The first kappa shape index (κ1) is 23.2. The Hall–Kier alpha value is -2.97. The van der Waals surface area contributed by atoms with Crippen LogP contribution in [0.25, 0.3) is 0 Å². The van der Waals surface area contributed by atoms with Crippen LogP contribution >= 0.6 is 23.5 Å². The highest BCUT2D eigenvalue weighted by Gasteiger charge is 2.23. The minimum Gasteiger partial charge on any atom is -0.302 e. The molecule has 9 heteroatoms. The molecule has 0 bridgehead atoms. The van der Waals surface area contributed by atoms with Gasteiger partial charge in [-0.25, -0.2) is 13.5 Å². The van der Waals surface area contributed by atoms with Crippen LogP contribution in [0.2, 0.25) is 5.02 Å². The van der Waals surface area contributed by atoms with E-state index in [0.717, 1.165) is 41.0 Å². The third kappa shape index (κ3) is 5.89. The summed E-state index contributed by atoms with van der Waals surface area (Å²) in [6.45, 7) is 2.69. The minimum atomic E-state index is -0.491. The molecular formula is C24H22ClF2N5S. The normalized spacial score (nSPS) is 12.0. The first-order chi connectivity index (χ1) is 16.0. The van der Waals surface area contributed by atoms with E-state index < -0.39 is 11.6 Å². The molecule has 1 aromatic heterocycles. The molecule has 1 atom stereocenters. The molecule has 0 aliphatic rings. The van der Waals surface area contributed by atoms with Crippen LogP contribution < -0.4 is 4.31 Å². The van der Waals surface area contributed by atoms with Crippen molar-refractivity contribution in [2.75, 3.05) is 4.31 Å². The van der Waals surface area contributed by atoms with Gasteiger partial charge in [0, 0.05) is 22.5 Å². The maximum atomic E-state index is 14.9. The van der Waals surface area contributed by atoms with Gasteiger partial charge in [-0.3, -0.25) is 0 Å². The van der Waals surface area contributed by atoms with Crippen LogP contribution in [0.5, 0.6) is 0 Å². The molecule has 170 valence electrons. The molecule has 1 unspecified atom stereocenters. The number of hydrogen-bond acceptors (Lipinski definition) is 5. The van der Waals surface area contributed by atoms with E-state index in [4.69, 9.17) is 11.6 Å². The smallest absolute Gasteiger partial charge is 0.147 e. The third-order valence-electron chi connectivity index (χ3n) is 5.24. The lowest BCUT2D eigenvalue weighted by molar-refractivity contribution is 0.556. The first-order valence-electron chi connectivity index (χ1n) is 10.5. The number of tetrazole rings is 1. The molecule has 0 N–H and O–H groups in total. The van der Waals surface area contributed by atoms with Crippen LogP contribution in [0.1, 0.15) is 30.5 Å². The maximum Gasteiger partial charge on any atom is 0.147 e. The lowest BCUT2D eigenvalue weighted by atomic mass is 9.97. The van der Waals surface area contributed by atoms with Crippen molar-refractivity contribution in [2.45, 2.75) is 37.2 Å². The van der Waals surface area contributed by atoms with Gasteiger partial charge in [0.1, 0.15) is 18.0 Å². The fourth-order valence-corrected chi connectivity index (χ4v) is 4.73. The highest BCUT2D eigenvalue weighted by atomic mass is 35.5. The van der Waals surface area contributed by atoms with Crippen molar-refractivity contribution in [3.8, 4) is 0 Å². The van der Waals surface area contributed by atoms with Crippen molar-refractivity contribution in [3.63, 3.8) is 0 Å². The van der Waals surface area contributed by atoms with Gasteiger partial charge >= 0.3 is 0 Å². The molecule has 3 aromatic carbocycles. The first-order valence-corrected chi connectivity index (χ1v) is 11.6. The Morgan fingerprint density at radius 1 is 1.06 bits per heavy atom. The topological polar surface area (TPSA) is 46.8 Å². The summed E-state index contributed by atoms with van der Waals surface area (Å²) in [6.07, 6.45) is 3.23. The average Bonchev–Trinajstić information content (AvgIpc) is 3.34. The van der Waals surface area contributed by atoms with Crippen molar-refractivity contribution in [3.05, 3.63) is 101 Å². The standard InChI is InChI=1S/C24H22ClF2N5S/c1-17(22-7-3-2-5-18(22)6-4-14-31-16-28-29-30-31)32(24-15-20(26)10-13-23(24)27)33-21-11-8-19(25)9-12-21/h2-3,5,7-13,15-17H,4,6,14H2,1H3. The van der Waals surface area contributed by atoms with Crippen molar-refractivity contribution in [1.29, 1.82) is 0 Å². The summed E-state index contributed by atoms with van der Waals surface area (Å²) in [5.74, 6) is -0.976. The number of nitrogens with zero attached hydrogens (tertiary/aromatic N) is 5. The number of rotatable bonds is 9. The average molecular weight is 486 g/mol. The molecule has 0 radical (unpaired) electrons. The van der Waals surface area contributed by atoms with Crippen LogP contribution in [0.4, 0.5) is 14.5 Å². The number of benzene rings is 3. The summed E-state index contributed by atoms with van der Waals surface area (Å²) < 4.78 is 32.5. The van der Waals surface area contributed by atoms with E-state index in [2.05, 4.69) is 21.6 Å². The molecule has 0 fully saturated rings. The summed E-state index contributed by atoms with van der Waals surface area (Å²) in [5.41, 5.74) is 2.36. The number of aryl methyl sites for hydroxylation is 2. The Morgan fingerprint density at radius 2 is 1.85 bits per heavy atom. The SMILES string of the molecule is CC(c1ccccc1CCCn1cnnn1)N(Sc1ccc(Cl)cc1)c1cc(F)ccc1F. The van der Waals surface area contributed by atoms with E-state index in [1.165, 1.54) is 18.0 Å². The van der Waals surface area contributed by atoms with E-state index in [9.17, 15) is 8.78 Å². The predicted octanol–water partition coefficient (Wildman–Crippen LogP) is 6.51. The largest absolute Gasteiger partial charge is 0.302 e. The van der Waals surface area contributed by atoms with Gasteiger partial charge in [-0.05, 0) is 89.7 Å². The Morgan fingerprint density at radius 3 is 2.61 bits per heavy atom. The van der Waals surface area contributed by atoms with Crippen LogP contribution in [-0.4, -0.2) is 20.2 Å². The van der Waals surface area contributed by atoms with Gasteiger partial charge in [0.05, 0.1) is 11.7 Å². The molecular weight excluding hydrogens is 464 g/mol. The fourth-order valence-electron chi connectivity index (χ4n) is 3.61. The van der Waals surface area contributed by atoms with Crippen molar-refractivity contribution in [1.82, 2.24) is 20.2 Å². The lowest BCUT2D eigenvalue weighted by Crippen LogP contribution is -2.21. The number of anilines is 1. The summed E-state index contributed by atoms with van der Waals surface area (Å²) in [6, 6.07) is 18.6. The summed E-state index contributed by atoms with van der Waals surface area (Å²) in [4.78, 5) is 0.867. The highest BCUT2D eigenvalue weighted by molar-refractivity contribution is 8.00. The molecule has 33 heavy (non-hydrogen) atoms. The van der Waals surface area contributed by atoms with Gasteiger partial charge in [-0.2, -0.15) is 0 Å². The molecule has 1 heterocycles. The van der Waals surface area contributed by atoms with Crippen LogP contribution in [0.3, 0.4) is 0 Å². The van der Waals surface area contributed by atoms with Crippen LogP contribution in [0.15, 0.2) is 78.0 Å². The summed E-state index contributed by atoms with van der Waals surface area (Å²) >= 11 is 7.37. The van der Waals surface area contributed by atoms with E-state index in [0.29, 0.717) is 11.6 Å². The van der Waals surface area contributed by atoms with E-state index in [-0.39, 0.29) is 11.7 Å². The highest BCUT2D eigenvalue weighted by Crippen LogP contribution is 2.40. The van der Waals surface area contributed by atoms with Gasteiger partial charge in [-0.15, -0.1) is 5.10 Å². The molecule has 4 rings (SSSR count). The minimum absolute atomic E-state index is 0.186. The zero-order chi connectivity index (χ0) is 23.2. The van der Waals surface area contributed by atoms with E-state index in [1.54, 1.807) is 23.1 Å². The van der Waals surface area contributed by atoms with Gasteiger partial charge in [0.2, 0.25) is 0 Å². The molecule has 0 amide bonds. The molecule has 0 saturated carbocycles. The zero-order valence-electron chi connectivity index (χ0n) is 17.9. The Labute approximate surface area is 200 Å². The molecule has 4 aromatic rings. The zero-order valence-corrected chi connectivity index (χ0v) is 19.5. The second-order valence-electron chi connectivity index (χ2n) is 7.52. The number of halogens is 3. The maximum absolute atomic E-state index is 14.9. The molecule has 0 aliphatic heterocycles. The van der Waals surface area contributed by atoms with Gasteiger partial charge in [0.15, 0.2) is 0 Å². The van der Waals surface area contributed by atoms with Gasteiger partial charge < -0.3 is 4.31 Å². The molecule has 0 saturated heterocycles. The second kappa shape index (κ2) is 10.8. The molecule has 0 aliphatic carbocycles. The van der Waals surface area contributed by atoms with E-state index in [1.807, 2.05) is 41.6 Å². The predicted molar refractivity (Wildman–Crippen MR) is 127 cm³/mol.